The van der Waals surface area contributed by atoms with Gasteiger partial charge in [0.05, 0.1) is 22.9 Å². The Bertz CT molecular complexity index is 1200. The zero-order valence-electron chi connectivity index (χ0n) is 15.8. The van der Waals surface area contributed by atoms with Gasteiger partial charge < -0.3 is 5.32 Å². The number of nitrogens with zero attached hydrogens (tertiary/aromatic N) is 3. The van der Waals surface area contributed by atoms with Gasteiger partial charge in [0.25, 0.3) is 5.56 Å². The van der Waals surface area contributed by atoms with Gasteiger partial charge in [-0.25, -0.2) is 9.97 Å². The number of benzene rings is 1. The van der Waals surface area contributed by atoms with E-state index in [0.717, 1.165) is 39.9 Å². The van der Waals surface area contributed by atoms with E-state index in [4.69, 9.17) is 4.98 Å². The van der Waals surface area contributed by atoms with E-state index in [-0.39, 0.29) is 11.6 Å². The summed E-state index contributed by atoms with van der Waals surface area (Å²) in [6, 6.07) is 12.2. The summed E-state index contributed by atoms with van der Waals surface area (Å²) in [7, 11) is 0. The van der Waals surface area contributed by atoms with E-state index >= 15 is 0 Å². The van der Waals surface area contributed by atoms with Gasteiger partial charge >= 0.3 is 0 Å². The molecular weight excluding hydrogens is 368 g/mol. The number of para-hydroxylation sites is 1. The first kappa shape index (κ1) is 17.4. The van der Waals surface area contributed by atoms with E-state index in [1.165, 1.54) is 24.2 Å². The first-order valence-electron chi connectivity index (χ1n) is 9.81. The molecule has 1 fully saturated rings. The van der Waals surface area contributed by atoms with Crippen LogP contribution in [0.3, 0.4) is 0 Å². The second-order valence-electron chi connectivity index (χ2n) is 7.69. The lowest BCUT2D eigenvalue weighted by Crippen LogP contribution is -2.28. The van der Waals surface area contributed by atoms with Crippen molar-refractivity contribution in [3.8, 4) is 0 Å². The van der Waals surface area contributed by atoms with Gasteiger partial charge in [0.1, 0.15) is 9.53 Å². The summed E-state index contributed by atoms with van der Waals surface area (Å²) in [5.41, 5.74) is 2.74. The number of anilines is 2. The minimum atomic E-state index is 0.0674. The first-order valence-corrected chi connectivity index (χ1v) is 10.6. The summed E-state index contributed by atoms with van der Waals surface area (Å²) in [6.45, 7) is 2.27. The number of hydrogen-bond donors (Lipinski definition) is 1. The Morgan fingerprint density at radius 3 is 2.82 bits per heavy atom. The highest BCUT2D eigenvalue weighted by Crippen LogP contribution is 2.36. The molecule has 0 aliphatic heterocycles. The predicted molar refractivity (Wildman–Crippen MR) is 116 cm³/mol. The highest BCUT2D eigenvalue weighted by atomic mass is 32.1. The number of nitrogens with one attached hydrogen (secondary N) is 1. The average Bonchev–Trinajstić information content (AvgIpc) is 3.10. The van der Waals surface area contributed by atoms with E-state index in [2.05, 4.69) is 17.2 Å². The third kappa shape index (κ3) is 2.98. The predicted octanol–water partition coefficient (Wildman–Crippen LogP) is 5.50. The standard InChI is InChI=1S/C22H22N4OS/c1-14-6-5-9-16(12-14)26-13-24-19-18-17(25-15-7-3-2-4-8-15)10-11-23-21(18)28-20(19)22(26)27/h2-4,7-8,10-11,13-14,16H,5-6,9,12H2,1H3,(H,23,25)/t14-,16?/m1/s1. The summed E-state index contributed by atoms with van der Waals surface area (Å²) >= 11 is 1.45. The average molecular weight is 391 g/mol. The second-order valence-corrected chi connectivity index (χ2v) is 8.69. The summed E-state index contributed by atoms with van der Waals surface area (Å²) < 4.78 is 2.56. The topological polar surface area (TPSA) is 59.8 Å². The monoisotopic (exact) mass is 390 g/mol. The van der Waals surface area contributed by atoms with Crippen LogP contribution in [-0.4, -0.2) is 14.5 Å². The molecule has 6 heteroatoms. The van der Waals surface area contributed by atoms with Crippen LogP contribution in [0.2, 0.25) is 0 Å². The molecule has 3 aromatic heterocycles. The van der Waals surface area contributed by atoms with Crippen LogP contribution in [0, 0.1) is 5.92 Å². The molecule has 0 amide bonds. The summed E-state index contributed by atoms with van der Waals surface area (Å²) in [5, 5.41) is 4.37. The number of hydrogen-bond acceptors (Lipinski definition) is 5. The first-order chi connectivity index (χ1) is 13.7. The Balaban J connectivity index is 1.64. The molecule has 5 rings (SSSR count). The molecule has 1 aliphatic carbocycles. The van der Waals surface area contributed by atoms with E-state index in [9.17, 15) is 4.79 Å². The van der Waals surface area contributed by atoms with Crippen molar-refractivity contribution in [2.45, 2.75) is 38.6 Å². The van der Waals surface area contributed by atoms with E-state index in [1.54, 1.807) is 12.5 Å². The van der Waals surface area contributed by atoms with Gasteiger partial charge in [0.2, 0.25) is 0 Å². The van der Waals surface area contributed by atoms with Crippen LogP contribution in [0.25, 0.3) is 20.4 Å². The van der Waals surface area contributed by atoms with Gasteiger partial charge in [0, 0.05) is 17.9 Å². The van der Waals surface area contributed by atoms with Gasteiger partial charge in [-0.15, -0.1) is 11.3 Å². The number of thiophene rings is 1. The van der Waals surface area contributed by atoms with Gasteiger partial charge in [-0.1, -0.05) is 38.0 Å². The molecule has 2 atom stereocenters. The molecule has 28 heavy (non-hydrogen) atoms. The molecule has 1 aliphatic rings. The fraction of sp³-hybridized carbons (Fsp3) is 0.318. The van der Waals surface area contributed by atoms with Gasteiger partial charge in [-0.2, -0.15) is 0 Å². The normalized spacial score (nSPS) is 19.9. The van der Waals surface area contributed by atoms with Crippen molar-refractivity contribution in [3.05, 3.63) is 59.3 Å². The largest absolute Gasteiger partial charge is 0.355 e. The number of fused-ring (bicyclic) bond motifs is 3. The molecule has 3 heterocycles. The van der Waals surface area contributed by atoms with Crippen molar-refractivity contribution >= 4 is 43.1 Å². The number of rotatable bonds is 3. The van der Waals surface area contributed by atoms with Crippen molar-refractivity contribution in [1.82, 2.24) is 14.5 Å². The lowest BCUT2D eigenvalue weighted by atomic mass is 9.87. The van der Waals surface area contributed by atoms with Crippen LogP contribution >= 0.6 is 11.3 Å². The van der Waals surface area contributed by atoms with E-state index in [0.29, 0.717) is 10.6 Å². The summed E-state index contributed by atoms with van der Waals surface area (Å²) in [4.78, 5) is 23.3. The molecule has 0 spiro atoms. The number of pyridine rings is 1. The lowest BCUT2D eigenvalue weighted by Gasteiger charge is -2.27. The molecule has 142 valence electrons. The fourth-order valence-corrected chi connectivity index (χ4v) is 5.32. The van der Waals surface area contributed by atoms with Crippen molar-refractivity contribution in [2.75, 3.05) is 5.32 Å². The Morgan fingerprint density at radius 1 is 1.14 bits per heavy atom. The van der Waals surface area contributed by atoms with Gasteiger partial charge in [-0.05, 0) is 37.0 Å². The fourth-order valence-electron chi connectivity index (χ4n) is 4.26. The molecule has 1 aromatic carbocycles. The van der Waals surface area contributed by atoms with Crippen molar-refractivity contribution in [2.24, 2.45) is 5.92 Å². The van der Waals surface area contributed by atoms with Crippen LogP contribution in [0.4, 0.5) is 11.4 Å². The Kier molecular flexibility index (Phi) is 4.36. The highest BCUT2D eigenvalue weighted by Gasteiger charge is 2.23. The van der Waals surface area contributed by atoms with E-state index < -0.39 is 0 Å². The molecule has 1 unspecified atom stereocenters. The molecule has 4 aromatic rings. The summed E-state index contributed by atoms with van der Waals surface area (Å²) in [5.74, 6) is 0.659. The lowest BCUT2D eigenvalue weighted by molar-refractivity contribution is 0.277. The molecule has 0 bridgehead atoms. The maximum atomic E-state index is 13.3. The SMILES string of the molecule is C[C@@H]1CCCC(n2cnc3c(sc4nccc(Nc5ccccc5)c43)c2=O)C1. The maximum absolute atomic E-state index is 13.3. The second kappa shape index (κ2) is 7.02. The molecule has 1 saturated carbocycles. The quantitative estimate of drug-likeness (QED) is 0.502. The molecule has 0 radical (unpaired) electrons. The Hall–Kier alpha value is -2.73. The van der Waals surface area contributed by atoms with Crippen LogP contribution < -0.4 is 10.9 Å². The van der Waals surface area contributed by atoms with Crippen LogP contribution in [0.1, 0.15) is 38.6 Å². The maximum Gasteiger partial charge on any atom is 0.271 e. The molecule has 0 saturated heterocycles. The van der Waals surface area contributed by atoms with Crippen molar-refractivity contribution < 1.29 is 0 Å². The van der Waals surface area contributed by atoms with Gasteiger partial charge in [0.15, 0.2) is 0 Å². The smallest absolute Gasteiger partial charge is 0.271 e. The minimum absolute atomic E-state index is 0.0674. The zero-order chi connectivity index (χ0) is 19.1. The van der Waals surface area contributed by atoms with Crippen LogP contribution in [0.5, 0.6) is 0 Å². The molecule has 5 nitrogen and oxygen atoms in total. The zero-order valence-corrected chi connectivity index (χ0v) is 16.6. The van der Waals surface area contributed by atoms with Gasteiger partial charge in [-0.3, -0.25) is 9.36 Å². The van der Waals surface area contributed by atoms with E-state index in [1.807, 2.05) is 41.0 Å². The summed E-state index contributed by atoms with van der Waals surface area (Å²) in [6.07, 6.45) is 8.07. The number of aromatic nitrogens is 3. The van der Waals surface area contributed by atoms with Crippen LogP contribution in [-0.2, 0) is 0 Å². The molecule has 1 N–H and O–H groups in total. The third-order valence-corrected chi connectivity index (χ3v) is 6.74. The molecular formula is C22H22N4OS. The Labute approximate surface area is 167 Å². The third-order valence-electron chi connectivity index (χ3n) is 5.66. The van der Waals surface area contributed by atoms with Crippen molar-refractivity contribution in [1.29, 1.82) is 0 Å². The van der Waals surface area contributed by atoms with Crippen LogP contribution in [0.15, 0.2) is 53.7 Å². The van der Waals surface area contributed by atoms with Crippen molar-refractivity contribution in [3.63, 3.8) is 0 Å². The minimum Gasteiger partial charge on any atom is -0.355 e. The highest BCUT2D eigenvalue weighted by molar-refractivity contribution is 7.25. The Morgan fingerprint density at radius 2 is 2.00 bits per heavy atom.